The highest BCUT2D eigenvalue weighted by atomic mass is 32.2. The minimum atomic E-state index is -0.149. The van der Waals surface area contributed by atoms with Crippen LogP contribution in [-0.2, 0) is 11.3 Å². The summed E-state index contributed by atoms with van der Waals surface area (Å²) in [4.78, 5) is 24.6. The molecule has 0 aromatic heterocycles. The number of rotatable bonds is 4. The predicted octanol–water partition coefficient (Wildman–Crippen LogP) is 2.67. The molecule has 6 heteroatoms. The highest BCUT2D eigenvalue weighted by molar-refractivity contribution is 8.00. The number of benzene rings is 2. The van der Waals surface area contributed by atoms with Crippen molar-refractivity contribution in [3.05, 3.63) is 53.6 Å². The van der Waals surface area contributed by atoms with E-state index in [1.807, 2.05) is 18.2 Å². The molecule has 0 spiro atoms. The second kappa shape index (κ2) is 6.75. The second-order valence-electron chi connectivity index (χ2n) is 5.08. The first-order valence-electron chi connectivity index (χ1n) is 7.13. The maximum Gasteiger partial charge on any atom is 0.251 e. The van der Waals surface area contributed by atoms with Gasteiger partial charge in [0.15, 0.2) is 0 Å². The molecule has 2 amide bonds. The minimum absolute atomic E-state index is 0.00178. The Hall–Kier alpha value is -2.47. The molecule has 1 heterocycles. The van der Waals surface area contributed by atoms with E-state index in [-0.39, 0.29) is 11.8 Å². The van der Waals surface area contributed by atoms with Crippen LogP contribution < -0.4 is 15.4 Å². The smallest absolute Gasteiger partial charge is 0.251 e. The fourth-order valence-electron chi connectivity index (χ4n) is 2.27. The van der Waals surface area contributed by atoms with Gasteiger partial charge in [0.1, 0.15) is 5.75 Å². The number of anilines is 1. The first-order valence-corrected chi connectivity index (χ1v) is 8.12. The van der Waals surface area contributed by atoms with E-state index in [1.165, 1.54) is 11.8 Å². The molecule has 0 aliphatic carbocycles. The number of thioether (sulfide) groups is 1. The number of hydrogen-bond acceptors (Lipinski definition) is 4. The summed E-state index contributed by atoms with van der Waals surface area (Å²) in [5, 5.41) is 5.72. The van der Waals surface area contributed by atoms with Gasteiger partial charge in [0.05, 0.1) is 18.6 Å². The average Bonchev–Trinajstić information content (AvgIpc) is 2.59. The summed E-state index contributed by atoms with van der Waals surface area (Å²) in [5.41, 5.74) is 2.32. The van der Waals surface area contributed by atoms with Crippen molar-refractivity contribution in [2.24, 2.45) is 0 Å². The zero-order valence-electron chi connectivity index (χ0n) is 12.6. The van der Waals surface area contributed by atoms with Gasteiger partial charge >= 0.3 is 0 Å². The number of methoxy groups -OCH3 is 1. The topological polar surface area (TPSA) is 67.4 Å². The van der Waals surface area contributed by atoms with Crippen LogP contribution in [0.15, 0.2) is 47.4 Å². The first kappa shape index (κ1) is 15.4. The van der Waals surface area contributed by atoms with E-state index in [2.05, 4.69) is 10.6 Å². The van der Waals surface area contributed by atoms with Crippen molar-refractivity contribution in [2.45, 2.75) is 11.4 Å². The number of hydrogen-bond donors (Lipinski definition) is 2. The third-order valence-corrected chi connectivity index (χ3v) is 4.56. The molecule has 1 aliphatic rings. The molecule has 2 aromatic carbocycles. The van der Waals surface area contributed by atoms with Gasteiger partial charge in [0.2, 0.25) is 5.91 Å². The number of fused-ring (bicyclic) bond motifs is 1. The van der Waals surface area contributed by atoms with E-state index in [1.54, 1.807) is 31.4 Å². The molecular formula is C17H16N2O3S. The lowest BCUT2D eigenvalue weighted by atomic mass is 10.1. The molecule has 0 atom stereocenters. The van der Waals surface area contributed by atoms with Crippen LogP contribution in [0.2, 0.25) is 0 Å². The SMILES string of the molecule is COc1ccc(C(=O)NCc2ccc3c(c2)NC(=O)CS3)cc1. The Morgan fingerprint density at radius 2 is 2.04 bits per heavy atom. The Bertz CT molecular complexity index is 744. The van der Waals surface area contributed by atoms with Crippen LogP contribution in [0.5, 0.6) is 5.75 Å². The zero-order valence-corrected chi connectivity index (χ0v) is 13.4. The molecular weight excluding hydrogens is 312 g/mol. The normalized spacial score (nSPS) is 13.0. The van der Waals surface area contributed by atoms with Crippen molar-refractivity contribution in [2.75, 3.05) is 18.2 Å². The van der Waals surface area contributed by atoms with Crippen LogP contribution in [0, 0.1) is 0 Å². The van der Waals surface area contributed by atoms with Gasteiger partial charge < -0.3 is 15.4 Å². The number of amides is 2. The van der Waals surface area contributed by atoms with Crippen molar-refractivity contribution in [3.63, 3.8) is 0 Å². The second-order valence-corrected chi connectivity index (χ2v) is 6.10. The predicted molar refractivity (Wildman–Crippen MR) is 90.0 cm³/mol. The number of carbonyl (C=O) groups excluding carboxylic acids is 2. The van der Waals surface area contributed by atoms with E-state index >= 15 is 0 Å². The molecule has 2 aromatic rings. The van der Waals surface area contributed by atoms with E-state index in [0.29, 0.717) is 23.6 Å². The van der Waals surface area contributed by atoms with Gasteiger partial charge in [-0.15, -0.1) is 11.8 Å². The lowest BCUT2D eigenvalue weighted by molar-refractivity contribution is -0.113. The molecule has 0 unspecified atom stereocenters. The highest BCUT2D eigenvalue weighted by Crippen LogP contribution is 2.31. The van der Waals surface area contributed by atoms with E-state index in [9.17, 15) is 9.59 Å². The highest BCUT2D eigenvalue weighted by Gasteiger charge is 2.15. The van der Waals surface area contributed by atoms with Crippen LogP contribution in [0.25, 0.3) is 0 Å². The van der Waals surface area contributed by atoms with Gasteiger partial charge in [-0.05, 0) is 42.0 Å². The van der Waals surface area contributed by atoms with Gasteiger partial charge in [-0.25, -0.2) is 0 Å². The van der Waals surface area contributed by atoms with Crippen LogP contribution in [0.4, 0.5) is 5.69 Å². The molecule has 3 rings (SSSR count). The van der Waals surface area contributed by atoms with Gasteiger partial charge in [-0.2, -0.15) is 0 Å². The summed E-state index contributed by atoms with van der Waals surface area (Å²) in [5.74, 6) is 1.01. The lowest BCUT2D eigenvalue weighted by Gasteiger charge is -2.17. The summed E-state index contributed by atoms with van der Waals surface area (Å²) in [6.45, 7) is 0.401. The van der Waals surface area contributed by atoms with Crippen molar-refractivity contribution >= 4 is 29.3 Å². The van der Waals surface area contributed by atoms with E-state index < -0.39 is 0 Å². The Kier molecular flexibility index (Phi) is 4.52. The summed E-state index contributed by atoms with van der Waals surface area (Å²) in [6, 6.07) is 12.8. The average molecular weight is 328 g/mol. The summed E-state index contributed by atoms with van der Waals surface area (Å²) in [7, 11) is 1.59. The van der Waals surface area contributed by atoms with Gasteiger partial charge in [0, 0.05) is 17.0 Å². The zero-order chi connectivity index (χ0) is 16.2. The first-order chi connectivity index (χ1) is 11.2. The largest absolute Gasteiger partial charge is 0.497 e. The van der Waals surface area contributed by atoms with Crippen molar-refractivity contribution in [1.29, 1.82) is 0 Å². The monoisotopic (exact) mass is 328 g/mol. The standard InChI is InChI=1S/C17H16N2O3S/c1-22-13-5-3-12(4-6-13)17(21)18-9-11-2-7-15-14(8-11)19-16(20)10-23-15/h2-8H,9-10H2,1H3,(H,18,21)(H,19,20). The molecule has 0 fully saturated rings. The molecule has 1 aliphatic heterocycles. The number of nitrogens with one attached hydrogen (secondary N) is 2. The molecule has 23 heavy (non-hydrogen) atoms. The summed E-state index contributed by atoms with van der Waals surface area (Å²) < 4.78 is 5.07. The van der Waals surface area contributed by atoms with Gasteiger partial charge in [-0.3, -0.25) is 9.59 Å². The minimum Gasteiger partial charge on any atom is -0.497 e. The van der Waals surface area contributed by atoms with Crippen molar-refractivity contribution in [3.8, 4) is 5.75 Å². The summed E-state index contributed by atoms with van der Waals surface area (Å²) >= 11 is 1.52. The molecule has 118 valence electrons. The lowest BCUT2D eigenvalue weighted by Crippen LogP contribution is -2.23. The maximum absolute atomic E-state index is 12.1. The maximum atomic E-state index is 12.1. The molecule has 0 saturated heterocycles. The van der Waals surface area contributed by atoms with Crippen molar-refractivity contribution < 1.29 is 14.3 Å². The van der Waals surface area contributed by atoms with E-state index in [4.69, 9.17) is 4.74 Å². The van der Waals surface area contributed by atoms with E-state index in [0.717, 1.165) is 16.1 Å². The Morgan fingerprint density at radius 1 is 1.26 bits per heavy atom. The fraction of sp³-hybridized carbons (Fsp3) is 0.176. The van der Waals surface area contributed by atoms with Crippen LogP contribution in [-0.4, -0.2) is 24.7 Å². The molecule has 0 saturated carbocycles. The Morgan fingerprint density at radius 3 is 2.78 bits per heavy atom. The Balaban J connectivity index is 1.64. The quantitative estimate of drug-likeness (QED) is 0.905. The van der Waals surface area contributed by atoms with Crippen LogP contribution in [0.3, 0.4) is 0 Å². The van der Waals surface area contributed by atoms with Crippen molar-refractivity contribution in [1.82, 2.24) is 5.32 Å². The number of carbonyl (C=O) groups is 2. The molecule has 2 N–H and O–H groups in total. The molecule has 0 radical (unpaired) electrons. The Labute approximate surface area is 138 Å². The van der Waals surface area contributed by atoms with Gasteiger partial charge in [-0.1, -0.05) is 6.07 Å². The third kappa shape index (κ3) is 3.65. The molecule has 0 bridgehead atoms. The van der Waals surface area contributed by atoms with Crippen LogP contribution in [0.1, 0.15) is 15.9 Å². The number of ether oxygens (including phenoxy) is 1. The molecule has 5 nitrogen and oxygen atoms in total. The van der Waals surface area contributed by atoms with Gasteiger partial charge in [0.25, 0.3) is 5.91 Å². The third-order valence-electron chi connectivity index (χ3n) is 3.48. The fourth-order valence-corrected chi connectivity index (χ4v) is 3.06. The van der Waals surface area contributed by atoms with Crippen LogP contribution >= 0.6 is 11.8 Å². The summed E-state index contributed by atoms with van der Waals surface area (Å²) in [6.07, 6.45) is 0.